The van der Waals surface area contributed by atoms with Crippen molar-refractivity contribution in [2.45, 2.75) is 43.8 Å². The predicted octanol–water partition coefficient (Wildman–Crippen LogP) is 4.18. The van der Waals surface area contributed by atoms with E-state index in [1.807, 2.05) is 25.1 Å². The Morgan fingerprint density at radius 1 is 1.05 bits per heavy atom. The molecule has 112 valence electrons. The number of nitrogen functional groups attached to an aromatic ring is 1. The summed E-state index contributed by atoms with van der Waals surface area (Å²) in [5, 5.41) is 0. The van der Waals surface area contributed by atoms with E-state index in [2.05, 4.69) is 45.0 Å². The van der Waals surface area contributed by atoms with E-state index >= 15 is 0 Å². The largest absolute Gasteiger partial charge is 0.398 e. The maximum atomic E-state index is 12.5. The lowest BCUT2D eigenvalue weighted by atomic mass is 9.87. The molecule has 2 rings (SSSR count). The van der Waals surface area contributed by atoms with Gasteiger partial charge < -0.3 is 5.73 Å². The summed E-state index contributed by atoms with van der Waals surface area (Å²) in [4.78, 5) is 0.723. The number of hydrogen-bond donors (Lipinski definition) is 1. The number of anilines is 1. The van der Waals surface area contributed by atoms with Crippen molar-refractivity contribution in [3.05, 3.63) is 59.2 Å². The molecule has 0 bridgehead atoms. The molecule has 1 unspecified atom stereocenters. The van der Waals surface area contributed by atoms with Gasteiger partial charge in [-0.25, -0.2) is 0 Å². The Hall–Kier alpha value is -1.61. The van der Waals surface area contributed by atoms with E-state index in [1.54, 1.807) is 0 Å². The van der Waals surface area contributed by atoms with Crippen LogP contribution in [0.4, 0.5) is 5.69 Å². The molecule has 0 saturated carbocycles. The molecule has 0 aromatic heterocycles. The second-order valence-electron chi connectivity index (χ2n) is 6.48. The SMILES string of the molecule is Cc1ccc(S(=O)Cc2ccc(C(C)(C)C)cc2)c(N)c1. The van der Waals surface area contributed by atoms with Gasteiger partial charge in [-0.2, -0.15) is 0 Å². The van der Waals surface area contributed by atoms with Crippen LogP contribution in [0.1, 0.15) is 37.5 Å². The summed E-state index contributed by atoms with van der Waals surface area (Å²) in [6, 6.07) is 14.0. The van der Waals surface area contributed by atoms with Gasteiger partial charge in [-0.3, -0.25) is 4.21 Å². The highest BCUT2D eigenvalue weighted by molar-refractivity contribution is 7.84. The van der Waals surface area contributed by atoms with E-state index in [4.69, 9.17) is 5.73 Å². The van der Waals surface area contributed by atoms with E-state index in [-0.39, 0.29) is 5.41 Å². The van der Waals surface area contributed by atoms with Crippen molar-refractivity contribution in [1.29, 1.82) is 0 Å². The minimum absolute atomic E-state index is 0.138. The lowest BCUT2D eigenvalue weighted by Gasteiger charge is -2.19. The monoisotopic (exact) mass is 301 g/mol. The molecular formula is C18H23NOS. The Bertz CT molecular complexity index is 654. The van der Waals surface area contributed by atoms with Gasteiger partial charge in [0.1, 0.15) is 0 Å². The van der Waals surface area contributed by atoms with Crippen LogP contribution in [0.25, 0.3) is 0 Å². The Morgan fingerprint density at radius 3 is 2.19 bits per heavy atom. The van der Waals surface area contributed by atoms with Crippen molar-refractivity contribution in [1.82, 2.24) is 0 Å². The first-order chi connectivity index (χ1) is 9.77. The fourth-order valence-electron chi connectivity index (χ4n) is 2.21. The molecule has 0 amide bonds. The average Bonchev–Trinajstić information content (AvgIpc) is 2.38. The molecule has 3 heteroatoms. The highest BCUT2D eigenvalue weighted by Gasteiger charge is 2.14. The van der Waals surface area contributed by atoms with Crippen LogP contribution in [0.15, 0.2) is 47.4 Å². The standard InChI is InChI=1S/C18H23NOS/c1-13-5-10-17(16(19)11-13)21(20)12-14-6-8-15(9-7-14)18(2,3)4/h5-11H,12,19H2,1-4H3. The quantitative estimate of drug-likeness (QED) is 0.864. The summed E-state index contributed by atoms with van der Waals surface area (Å²) in [6.07, 6.45) is 0. The van der Waals surface area contributed by atoms with Crippen LogP contribution in [0, 0.1) is 6.92 Å². The maximum Gasteiger partial charge on any atom is 0.0621 e. The first-order valence-electron chi connectivity index (χ1n) is 7.11. The highest BCUT2D eigenvalue weighted by atomic mass is 32.2. The number of hydrogen-bond acceptors (Lipinski definition) is 2. The lowest BCUT2D eigenvalue weighted by molar-refractivity contribution is 0.590. The molecule has 1 atom stereocenters. The third-order valence-corrected chi connectivity index (χ3v) is 4.99. The third kappa shape index (κ3) is 3.94. The molecule has 0 aliphatic carbocycles. The molecule has 21 heavy (non-hydrogen) atoms. The van der Waals surface area contributed by atoms with Gasteiger partial charge in [-0.05, 0) is 41.2 Å². The van der Waals surface area contributed by atoms with Gasteiger partial charge in [0.15, 0.2) is 0 Å². The van der Waals surface area contributed by atoms with Gasteiger partial charge in [0.05, 0.1) is 21.4 Å². The first kappa shape index (κ1) is 15.8. The second kappa shape index (κ2) is 6.02. The molecule has 0 saturated heterocycles. The van der Waals surface area contributed by atoms with Crippen LogP contribution in [0.5, 0.6) is 0 Å². The number of rotatable bonds is 3. The summed E-state index contributed by atoms with van der Waals surface area (Å²) >= 11 is 0. The molecule has 0 aliphatic heterocycles. The molecule has 0 aliphatic rings. The minimum Gasteiger partial charge on any atom is -0.398 e. The van der Waals surface area contributed by atoms with Crippen molar-refractivity contribution in [2.24, 2.45) is 0 Å². The lowest BCUT2D eigenvalue weighted by Crippen LogP contribution is -2.10. The molecule has 0 spiro atoms. The number of benzene rings is 2. The Morgan fingerprint density at radius 2 is 1.67 bits per heavy atom. The van der Waals surface area contributed by atoms with Crippen LogP contribution < -0.4 is 5.73 Å². The molecule has 2 nitrogen and oxygen atoms in total. The van der Waals surface area contributed by atoms with Crippen molar-refractivity contribution in [3.63, 3.8) is 0 Å². The molecule has 0 fully saturated rings. The number of nitrogens with two attached hydrogens (primary N) is 1. The van der Waals surface area contributed by atoms with Crippen LogP contribution in [-0.2, 0) is 22.0 Å². The van der Waals surface area contributed by atoms with Crippen molar-refractivity contribution in [2.75, 3.05) is 5.73 Å². The summed E-state index contributed by atoms with van der Waals surface area (Å²) in [6.45, 7) is 8.54. The van der Waals surface area contributed by atoms with Crippen LogP contribution >= 0.6 is 0 Å². The van der Waals surface area contributed by atoms with Crippen molar-refractivity contribution < 1.29 is 4.21 Å². The topological polar surface area (TPSA) is 43.1 Å². The Labute approximate surface area is 129 Å². The molecule has 2 N–H and O–H groups in total. The zero-order valence-corrected chi connectivity index (χ0v) is 14.0. The van der Waals surface area contributed by atoms with Crippen molar-refractivity contribution >= 4 is 16.5 Å². The zero-order chi connectivity index (χ0) is 15.6. The predicted molar refractivity (Wildman–Crippen MR) is 90.8 cm³/mol. The summed E-state index contributed by atoms with van der Waals surface area (Å²) < 4.78 is 12.5. The van der Waals surface area contributed by atoms with Crippen LogP contribution in [0.2, 0.25) is 0 Å². The fourth-order valence-corrected chi connectivity index (χ4v) is 3.40. The van der Waals surface area contributed by atoms with E-state index in [1.165, 1.54) is 5.56 Å². The van der Waals surface area contributed by atoms with E-state index in [0.717, 1.165) is 16.0 Å². The molecule has 0 radical (unpaired) electrons. The molecule has 2 aromatic carbocycles. The van der Waals surface area contributed by atoms with Gasteiger partial charge in [-0.1, -0.05) is 51.1 Å². The van der Waals surface area contributed by atoms with E-state index in [0.29, 0.717) is 11.4 Å². The summed E-state index contributed by atoms with van der Waals surface area (Å²) in [5.41, 5.74) is 10.2. The molecular weight excluding hydrogens is 278 g/mol. The Balaban J connectivity index is 2.16. The third-order valence-electron chi connectivity index (χ3n) is 3.53. The zero-order valence-electron chi connectivity index (χ0n) is 13.1. The van der Waals surface area contributed by atoms with Crippen LogP contribution in [-0.4, -0.2) is 4.21 Å². The Kier molecular flexibility index (Phi) is 4.52. The summed E-state index contributed by atoms with van der Waals surface area (Å²) in [5.74, 6) is 0.498. The molecule has 0 heterocycles. The maximum absolute atomic E-state index is 12.5. The van der Waals surface area contributed by atoms with Crippen molar-refractivity contribution in [3.8, 4) is 0 Å². The minimum atomic E-state index is -1.11. The van der Waals surface area contributed by atoms with Crippen LogP contribution in [0.3, 0.4) is 0 Å². The van der Waals surface area contributed by atoms with E-state index < -0.39 is 10.8 Å². The van der Waals surface area contributed by atoms with Gasteiger partial charge in [-0.15, -0.1) is 0 Å². The van der Waals surface area contributed by atoms with Gasteiger partial charge in [0.2, 0.25) is 0 Å². The van der Waals surface area contributed by atoms with Gasteiger partial charge in [0.25, 0.3) is 0 Å². The summed E-state index contributed by atoms with van der Waals surface area (Å²) in [7, 11) is -1.11. The second-order valence-corrected chi connectivity index (χ2v) is 7.90. The van der Waals surface area contributed by atoms with Gasteiger partial charge >= 0.3 is 0 Å². The van der Waals surface area contributed by atoms with Gasteiger partial charge in [0, 0.05) is 5.69 Å². The highest BCUT2D eigenvalue weighted by Crippen LogP contribution is 2.24. The normalized spacial score (nSPS) is 13.1. The molecule has 2 aromatic rings. The fraction of sp³-hybridized carbons (Fsp3) is 0.333. The average molecular weight is 301 g/mol. The number of aryl methyl sites for hydroxylation is 1. The van der Waals surface area contributed by atoms with E-state index in [9.17, 15) is 4.21 Å². The first-order valence-corrected chi connectivity index (χ1v) is 8.43. The smallest absolute Gasteiger partial charge is 0.0621 e.